The van der Waals surface area contributed by atoms with Crippen LogP contribution in [0.3, 0.4) is 0 Å². The summed E-state index contributed by atoms with van der Waals surface area (Å²) in [6, 6.07) is 9.58. The standard InChI is InChI=1S/C13H19BrN2/c1-15-13(9-10-5-4-8-16-10)11-6-2-3-7-12(11)14/h2-3,6-7,10,13,15-16H,4-5,8-9H2,1H3. The summed E-state index contributed by atoms with van der Waals surface area (Å²) < 4.78 is 1.20. The lowest BCUT2D eigenvalue weighted by Crippen LogP contribution is -2.28. The Morgan fingerprint density at radius 3 is 2.94 bits per heavy atom. The lowest BCUT2D eigenvalue weighted by atomic mass is 9.98. The Hall–Kier alpha value is -0.380. The number of halogens is 1. The van der Waals surface area contributed by atoms with Crippen LogP contribution in [0.15, 0.2) is 28.7 Å². The van der Waals surface area contributed by atoms with Crippen LogP contribution in [0.1, 0.15) is 30.9 Å². The van der Waals surface area contributed by atoms with Gasteiger partial charge < -0.3 is 10.6 Å². The molecule has 2 atom stereocenters. The molecule has 1 aromatic carbocycles. The lowest BCUT2D eigenvalue weighted by Gasteiger charge is -2.21. The SMILES string of the molecule is CNC(CC1CCCN1)c1ccccc1Br. The Bertz CT molecular complexity index is 334. The third-order valence-corrected chi connectivity index (χ3v) is 4.03. The minimum Gasteiger partial charge on any atom is -0.314 e. The zero-order chi connectivity index (χ0) is 11.4. The quantitative estimate of drug-likeness (QED) is 0.888. The molecule has 1 heterocycles. The van der Waals surface area contributed by atoms with Crippen LogP contribution in [0, 0.1) is 0 Å². The molecular weight excluding hydrogens is 264 g/mol. The molecule has 1 saturated heterocycles. The summed E-state index contributed by atoms with van der Waals surface area (Å²) in [5, 5.41) is 6.97. The maximum Gasteiger partial charge on any atom is 0.0343 e. The third kappa shape index (κ3) is 2.84. The monoisotopic (exact) mass is 282 g/mol. The van der Waals surface area contributed by atoms with Crippen molar-refractivity contribution in [3.05, 3.63) is 34.3 Å². The van der Waals surface area contributed by atoms with Gasteiger partial charge in [0.05, 0.1) is 0 Å². The Morgan fingerprint density at radius 1 is 1.50 bits per heavy atom. The van der Waals surface area contributed by atoms with Crippen LogP contribution in [-0.4, -0.2) is 19.6 Å². The van der Waals surface area contributed by atoms with Crippen LogP contribution in [0.2, 0.25) is 0 Å². The van der Waals surface area contributed by atoms with Gasteiger partial charge in [-0.05, 0) is 44.5 Å². The van der Waals surface area contributed by atoms with Gasteiger partial charge in [-0.2, -0.15) is 0 Å². The summed E-state index contributed by atoms with van der Waals surface area (Å²) in [6.07, 6.45) is 3.79. The summed E-state index contributed by atoms with van der Waals surface area (Å²) in [5.74, 6) is 0. The topological polar surface area (TPSA) is 24.1 Å². The van der Waals surface area contributed by atoms with E-state index in [1.54, 1.807) is 0 Å². The smallest absolute Gasteiger partial charge is 0.0343 e. The van der Waals surface area contributed by atoms with Gasteiger partial charge in [-0.3, -0.25) is 0 Å². The fraction of sp³-hybridized carbons (Fsp3) is 0.538. The van der Waals surface area contributed by atoms with E-state index in [4.69, 9.17) is 0 Å². The maximum atomic E-state index is 3.63. The van der Waals surface area contributed by atoms with Gasteiger partial charge in [0.1, 0.15) is 0 Å². The molecule has 2 unspecified atom stereocenters. The number of rotatable bonds is 4. The molecule has 0 saturated carbocycles. The molecule has 1 fully saturated rings. The third-order valence-electron chi connectivity index (χ3n) is 3.31. The first kappa shape index (κ1) is 12.1. The predicted molar refractivity (Wildman–Crippen MR) is 71.6 cm³/mol. The van der Waals surface area contributed by atoms with E-state index in [9.17, 15) is 0 Å². The molecule has 2 N–H and O–H groups in total. The Labute approximate surface area is 106 Å². The van der Waals surface area contributed by atoms with E-state index in [1.165, 1.54) is 35.8 Å². The van der Waals surface area contributed by atoms with Gasteiger partial charge in [0.15, 0.2) is 0 Å². The van der Waals surface area contributed by atoms with Crippen LogP contribution in [0.4, 0.5) is 0 Å². The first-order valence-electron chi connectivity index (χ1n) is 5.96. The van der Waals surface area contributed by atoms with E-state index in [0.29, 0.717) is 12.1 Å². The average molecular weight is 283 g/mol. The van der Waals surface area contributed by atoms with Gasteiger partial charge in [0, 0.05) is 16.6 Å². The van der Waals surface area contributed by atoms with E-state index < -0.39 is 0 Å². The lowest BCUT2D eigenvalue weighted by molar-refractivity contribution is 0.452. The van der Waals surface area contributed by atoms with Crippen molar-refractivity contribution in [1.29, 1.82) is 0 Å². The van der Waals surface area contributed by atoms with Crippen molar-refractivity contribution in [2.75, 3.05) is 13.6 Å². The van der Waals surface area contributed by atoms with E-state index >= 15 is 0 Å². The summed E-state index contributed by atoms with van der Waals surface area (Å²) in [5.41, 5.74) is 1.36. The molecule has 1 aliphatic rings. The molecular formula is C13H19BrN2. The van der Waals surface area contributed by atoms with E-state index in [0.717, 1.165) is 0 Å². The minimum atomic E-state index is 0.436. The minimum absolute atomic E-state index is 0.436. The fourth-order valence-electron chi connectivity index (χ4n) is 2.40. The summed E-state index contributed by atoms with van der Waals surface area (Å²) >= 11 is 3.63. The molecule has 0 aromatic heterocycles. The normalized spacial score (nSPS) is 22.2. The van der Waals surface area contributed by atoms with Crippen molar-refractivity contribution >= 4 is 15.9 Å². The van der Waals surface area contributed by atoms with Crippen LogP contribution >= 0.6 is 15.9 Å². The molecule has 0 radical (unpaired) electrons. The van der Waals surface area contributed by atoms with Gasteiger partial charge in [-0.25, -0.2) is 0 Å². The summed E-state index contributed by atoms with van der Waals surface area (Å²) in [7, 11) is 2.04. The zero-order valence-electron chi connectivity index (χ0n) is 9.67. The molecule has 16 heavy (non-hydrogen) atoms. The van der Waals surface area contributed by atoms with Gasteiger partial charge in [0.2, 0.25) is 0 Å². The first-order valence-corrected chi connectivity index (χ1v) is 6.75. The number of hydrogen-bond donors (Lipinski definition) is 2. The number of hydrogen-bond acceptors (Lipinski definition) is 2. The predicted octanol–water partition coefficient (Wildman–Crippen LogP) is 2.85. The molecule has 2 rings (SSSR count). The average Bonchev–Trinajstić information content (AvgIpc) is 2.80. The molecule has 1 aliphatic heterocycles. The molecule has 0 spiro atoms. The van der Waals surface area contributed by atoms with Crippen molar-refractivity contribution in [3.8, 4) is 0 Å². The van der Waals surface area contributed by atoms with Crippen molar-refractivity contribution in [2.24, 2.45) is 0 Å². The van der Waals surface area contributed by atoms with Gasteiger partial charge in [-0.15, -0.1) is 0 Å². The number of benzene rings is 1. The van der Waals surface area contributed by atoms with E-state index in [1.807, 2.05) is 7.05 Å². The summed E-state index contributed by atoms with van der Waals surface area (Å²) in [4.78, 5) is 0. The van der Waals surface area contributed by atoms with E-state index in [2.05, 4.69) is 50.8 Å². The second-order valence-corrected chi connectivity index (χ2v) is 5.25. The molecule has 88 valence electrons. The van der Waals surface area contributed by atoms with E-state index in [-0.39, 0.29) is 0 Å². The molecule has 3 heteroatoms. The van der Waals surface area contributed by atoms with Crippen LogP contribution in [0.25, 0.3) is 0 Å². The molecule has 0 bridgehead atoms. The highest BCUT2D eigenvalue weighted by molar-refractivity contribution is 9.10. The molecule has 0 aliphatic carbocycles. The van der Waals surface area contributed by atoms with Crippen molar-refractivity contribution in [1.82, 2.24) is 10.6 Å². The van der Waals surface area contributed by atoms with Gasteiger partial charge in [0.25, 0.3) is 0 Å². The highest BCUT2D eigenvalue weighted by Crippen LogP contribution is 2.27. The largest absolute Gasteiger partial charge is 0.314 e. The van der Waals surface area contributed by atoms with Crippen molar-refractivity contribution in [3.63, 3.8) is 0 Å². The Morgan fingerprint density at radius 2 is 2.31 bits per heavy atom. The van der Waals surface area contributed by atoms with Gasteiger partial charge >= 0.3 is 0 Å². The summed E-state index contributed by atoms with van der Waals surface area (Å²) in [6.45, 7) is 1.18. The second kappa shape index (κ2) is 5.80. The molecule has 2 nitrogen and oxygen atoms in total. The van der Waals surface area contributed by atoms with Crippen LogP contribution in [-0.2, 0) is 0 Å². The Balaban J connectivity index is 2.06. The van der Waals surface area contributed by atoms with Crippen LogP contribution < -0.4 is 10.6 Å². The van der Waals surface area contributed by atoms with Crippen molar-refractivity contribution < 1.29 is 0 Å². The molecule has 1 aromatic rings. The zero-order valence-corrected chi connectivity index (χ0v) is 11.3. The van der Waals surface area contributed by atoms with Crippen molar-refractivity contribution in [2.45, 2.75) is 31.3 Å². The Kier molecular flexibility index (Phi) is 4.38. The highest BCUT2D eigenvalue weighted by atomic mass is 79.9. The number of nitrogens with one attached hydrogen (secondary N) is 2. The fourth-order valence-corrected chi connectivity index (χ4v) is 2.96. The highest BCUT2D eigenvalue weighted by Gasteiger charge is 2.20. The maximum absolute atomic E-state index is 3.63. The van der Waals surface area contributed by atoms with Gasteiger partial charge in [-0.1, -0.05) is 34.1 Å². The first-order chi connectivity index (χ1) is 7.81. The molecule has 0 amide bonds. The van der Waals surface area contributed by atoms with Crippen LogP contribution in [0.5, 0.6) is 0 Å². The second-order valence-electron chi connectivity index (χ2n) is 4.39.